The average molecular weight is 329 g/mol. The smallest absolute Gasteiger partial charge is 0.262 e. The van der Waals surface area contributed by atoms with E-state index in [1.165, 1.54) is 18.2 Å². The van der Waals surface area contributed by atoms with E-state index in [-0.39, 0.29) is 18.0 Å². The van der Waals surface area contributed by atoms with Gasteiger partial charge < -0.3 is 15.8 Å². The lowest BCUT2D eigenvalue weighted by molar-refractivity contribution is -0.118. The lowest BCUT2D eigenvalue weighted by Gasteiger charge is -2.10. The van der Waals surface area contributed by atoms with Crippen LogP contribution in [-0.2, 0) is 4.79 Å². The van der Waals surface area contributed by atoms with Crippen molar-refractivity contribution >= 4 is 40.5 Å². The van der Waals surface area contributed by atoms with E-state index in [0.29, 0.717) is 15.8 Å². The zero-order valence-electron chi connectivity index (χ0n) is 10.7. The molecule has 0 aromatic heterocycles. The third-order valence-corrected chi connectivity index (χ3v) is 3.29. The van der Waals surface area contributed by atoms with Crippen molar-refractivity contribution in [2.24, 2.45) is 0 Å². The van der Waals surface area contributed by atoms with Gasteiger partial charge in [-0.15, -0.1) is 0 Å². The molecule has 4 nitrogen and oxygen atoms in total. The number of amides is 1. The molecule has 2 rings (SSSR count). The predicted octanol–water partition coefficient (Wildman–Crippen LogP) is 3.73. The van der Waals surface area contributed by atoms with Crippen molar-refractivity contribution in [3.05, 3.63) is 52.3 Å². The molecule has 0 saturated carbocycles. The largest absolute Gasteiger partial charge is 0.484 e. The summed E-state index contributed by atoms with van der Waals surface area (Å²) in [5.41, 5.74) is 6.08. The van der Waals surface area contributed by atoms with Crippen molar-refractivity contribution in [2.75, 3.05) is 17.7 Å². The molecule has 0 aliphatic carbocycles. The van der Waals surface area contributed by atoms with Gasteiger partial charge in [0.15, 0.2) is 6.61 Å². The third kappa shape index (κ3) is 4.24. The molecule has 0 saturated heterocycles. The highest BCUT2D eigenvalue weighted by Gasteiger charge is 2.08. The van der Waals surface area contributed by atoms with E-state index < -0.39 is 11.7 Å². The van der Waals surface area contributed by atoms with Gasteiger partial charge in [-0.25, -0.2) is 4.39 Å². The molecule has 0 bridgehead atoms. The van der Waals surface area contributed by atoms with E-state index >= 15 is 0 Å². The number of hydrogen-bond donors (Lipinski definition) is 2. The Morgan fingerprint density at radius 3 is 2.67 bits per heavy atom. The van der Waals surface area contributed by atoms with Crippen molar-refractivity contribution in [3.8, 4) is 5.75 Å². The van der Waals surface area contributed by atoms with Crippen LogP contribution < -0.4 is 15.8 Å². The molecule has 2 aromatic carbocycles. The molecule has 3 N–H and O–H groups in total. The Labute approximate surface area is 130 Å². The van der Waals surface area contributed by atoms with Crippen LogP contribution in [0, 0.1) is 5.82 Å². The van der Waals surface area contributed by atoms with Gasteiger partial charge in [0.1, 0.15) is 11.6 Å². The summed E-state index contributed by atoms with van der Waals surface area (Å²) in [4.78, 5) is 11.7. The summed E-state index contributed by atoms with van der Waals surface area (Å²) in [6.07, 6.45) is 0. The number of rotatable bonds is 4. The minimum atomic E-state index is -0.495. The summed E-state index contributed by atoms with van der Waals surface area (Å²) < 4.78 is 18.3. The molecular formula is C14H11Cl2FN2O2. The lowest BCUT2D eigenvalue weighted by Crippen LogP contribution is -2.20. The molecule has 2 aromatic rings. The first-order valence-electron chi connectivity index (χ1n) is 5.88. The van der Waals surface area contributed by atoms with Crippen molar-refractivity contribution in [3.63, 3.8) is 0 Å². The number of nitrogens with one attached hydrogen (secondary N) is 1. The summed E-state index contributed by atoms with van der Waals surface area (Å²) >= 11 is 11.6. The standard InChI is InChI=1S/C14H11Cl2FN2O2/c15-10-3-2-9(6-11(10)16)21-7-14(20)19-13-5-8(17)1-4-12(13)18/h1-6H,7,18H2,(H,19,20). The first-order valence-corrected chi connectivity index (χ1v) is 6.64. The van der Waals surface area contributed by atoms with Crippen LogP contribution in [0.15, 0.2) is 36.4 Å². The van der Waals surface area contributed by atoms with Gasteiger partial charge in [-0.2, -0.15) is 0 Å². The van der Waals surface area contributed by atoms with E-state index in [9.17, 15) is 9.18 Å². The predicted molar refractivity (Wildman–Crippen MR) is 81.4 cm³/mol. The fourth-order valence-electron chi connectivity index (χ4n) is 1.54. The molecule has 0 spiro atoms. The van der Waals surface area contributed by atoms with Gasteiger partial charge in [0, 0.05) is 6.07 Å². The van der Waals surface area contributed by atoms with Crippen LogP contribution in [-0.4, -0.2) is 12.5 Å². The van der Waals surface area contributed by atoms with Crippen molar-refractivity contribution in [2.45, 2.75) is 0 Å². The van der Waals surface area contributed by atoms with E-state index in [4.69, 9.17) is 33.7 Å². The van der Waals surface area contributed by atoms with Crippen LogP contribution in [0.1, 0.15) is 0 Å². The third-order valence-electron chi connectivity index (χ3n) is 2.55. The van der Waals surface area contributed by atoms with Crippen LogP contribution in [0.4, 0.5) is 15.8 Å². The summed E-state index contributed by atoms with van der Waals surface area (Å²) in [5, 5.41) is 3.17. The highest BCUT2D eigenvalue weighted by Crippen LogP contribution is 2.26. The van der Waals surface area contributed by atoms with Crippen LogP contribution in [0.3, 0.4) is 0 Å². The number of hydrogen-bond acceptors (Lipinski definition) is 3. The Balaban J connectivity index is 1.95. The summed E-state index contributed by atoms with van der Waals surface area (Å²) in [7, 11) is 0. The fourth-order valence-corrected chi connectivity index (χ4v) is 1.83. The van der Waals surface area contributed by atoms with Crippen LogP contribution in [0.2, 0.25) is 10.0 Å². The molecule has 1 amide bonds. The molecule has 0 fully saturated rings. The highest BCUT2D eigenvalue weighted by molar-refractivity contribution is 6.42. The minimum Gasteiger partial charge on any atom is -0.484 e. The van der Waals surface area contributed by atoms with E-state index in [1.807, 2.05) is 0 Å². The maximum Gasteiger partial charge on any atom is 0.262 e. The van der Waals surface area contributed by atoms with Crippen LogP contribution in [0.5, 0.6) is 5.75 Å². The molecule has 0 aliphatic heterocycles. The molecule has 21 heavy (non-hydrogen) atoms. The summed E-state index contributed by atoms with van der Waals surface area (Å²) in [6, 6.07) is 8.34. The number of carbonyl (C=O) groups excluding carboxylic acids is 1. The zero-order chi connectivity index (χ0) is 15.4. The van der Waals surface area contributed by atoms with Crippen molar-refractivity contribution in [1.82, 2.24) is 0 Å². The Kier molecular flexibility index (Phi) is 4.88. The molecule has 0 heterocycles. The second kappa shape index (κ2) is 6.65. The molecule has 0 unspecified atom stereocenters. The van der Waals surface area contributed by atoms with E-state index in [2.05, 4.69) is 5.32 Å². The maximum absolute atomic E-state index is 13.1. The monoisotopic (exact) mass is 328 g/mol. The van der Waals surface area contributed by atoms with E-state index in [0.717, 1.165) is 6.07 Å². The number of benzene rings is 2. The summed E-state index contributed by atoms with van der Waals surface area (Å²) in [5.74, 6) is -0.574. The second-order valence-corrected chi connectivity index (χ2v) is 4.96. The summed E-state index contributed by atoms with van der Waals surface area (Å²) in [6.45, 7) is -0.270. The SMILES string of the molecule is Nc1ccc(F)cc1NC(=O)COc1ccc(Cl)c(Cl)c1. The topological polar surface area (TPSA) is 64.3 Å². The quantitative estimate of drug-likeness (QED) is 0.840. The Hall–Kier alpha value is -1.98. The molecular weight excluding hydrogens is 318 g/mol. The van der Waals surface area contributed by atoms with Crippen LogP contribution in [0.25, 0.3) is 0 Å². The van der Waals surface area contributed by atoms with Gasteiger partial charge in [0.25, 0.3) is 5.91 Å². The fraction of sp³-hybridized carbons (Fsp3) is 0.0714. The van der Waals surface area contributed by atoms with Gasteiger partial charge in [-0.3, -0.25) is 4.79 Å². The lowest BCUT2D eigenvalue weighted by atomic mass is 10.2. The molecule has 110 valence electrons. The van der Waals surface area contributed by atoms with E-state index in [1.54, 1.807) is 12.1 Å². The molecule has 0 atom stereocenters. The normalized spacial score (nSPS) is 10.2. The number of nitrogens with two attached hydrogens (primary N) is 1. The molecule has 0 radical (unpaired) electrons. The Bertz CT molecular complexity index is 680. The number of nitrogen functional groups attached to an aromatic ring is 1. The molecule has 0 aliphatic rings. The maximum atomic E-state index is 13.1. The second-order valence-electron chi connectivity index (χ2n) is 4.14. The van der Waals surface area contributed by atoms with Crippen molar-refractivity contribution < 1.29 is 13.9 Å². The Morgan fingerprint density at radius 1 is 1.19 bits per heavy atom. The van der Waals surface area contributed by atoms with Gasteiger partial charge >= 0.3 is 0 Å². The molecule has 7 heteroatoms. The number of anilines is 2. The highest BCUT2D eigenvalue weighted by atomic mass is 35.5. The zero-order valence-corrected chi connectivity index (χ0v) is 12.2. The van der Waals surface area contributed by atoms with Crippen LogP contribution >= 0.6 is 23.2 Å². The first-order chi connectivity index (χ1) is 9.95. The van der Waals surface area contributed by atoms with Gasteiger partial charge in [0.05, 0.1) is 21.4 Å². The number of ether oxygens (including phenoxy) is 1. The van der Waals surface area contributed by atoms with Gasteiger partial charge in [-0.05, 0) is 30.3 Å². The first kappa shape index (κ1) is 15.4. The van der Waals surface area contributed by atoms with Gasteiger partial charge in [-0.1, -0.05) is 23.2 Å². The Morgan fingerprint density at radius 2 is 1.95 bits per heavy atom. The average Bonchev–Trinajstić information content (AvgIpc) is 2.44. The number of halogens is 3. The van der Waals surface area contributed by atoms with Gasteiger partial charge in [0.2, 0.25) is 0 Å². The minimum absolute atomic E-state index is 0.192. The van der Waals surface area contributed by atoms with Crippen molar-refractivity contribution in [1.29, 1.82) is 0 Å². The number of carbonyl (C=O) groups is 1.